The average molecular weight is 206 g/mol. The molecule has 0 rings (SSSR count). The quantitative estimate of drug-likeness (QED) is 0.667. The first-order valence-corrected chi connectivity index (χ1v) is 4.21. The molecule has 6 nitrogen and oxygen atoms in total. The molecular formula is C8H14O6. The van der Waals surface area contributed by atoms with Crippen LogP contribution in [-0.2, 0) is 9.47 Å². The first-order valence-electron chi connectivity index (χ1n) is 4.21. The molecule has 0 radical (unpaired) electrons. The van der Waals surface area contributed by atoms with E-state index in [0.29, 0.717) is 12.8 Å². The second-order valence-electron chi connectivity index (χ2n) is 2.97. The van der Waals surface area contributed by atoms with Gasteiger partial charge in [-0.25, -0.2) is 9.59 Å². The van der Waals surface area contributed by atoms with Crippen LogP contribution in [0.2, 0.25) is 0 Å². The van der Waals surface area contributed by atoms with E-state index >= 15 is 0 Å². The van der Waals surface area contributed by atoms with E-state index in [1.165, 1.54) is 0 Å². The van der Waals surface area contributed by atoms with Gasteiger partial charge in [-0.1, -0.05) is 0 Å². The summed E-state index contributed by atoms with van der Waals surface area (Å²) in [5.74, 6) is 0. The maximum Gasteiger partial charge on any atom is 0.506 e. The molecule has 0 bridgehead atoms. The topological polar surface area (TPSA) is 93.1 Å². The minimum Gasteiger partial charge on any atom is -0.450 e. The third-order valence-electron chi connectivity index (χ3n) is 1.58. The Labute approximate surface area is 81.4 Å². The Bertz CT molecular complexity index is 180. The molecule has 0 fully saturated rings. The zero-order chi connectivity index (χ0) is 11.1. The highest BCUT2D eigenvalue weighted by Crippen LogP contribution is 2.07. The normalized spacial score (nSPS) is 14.1. The smallest absolute Gasteiger partial charge is 0.450 e. The highest BCUT2D eigenvalue weighted by molar-refractivity contribution is 5.57. The van der Waals surface area contributed by atoms with E-state index in [2.05, 4.69) is 9.47 Å². The molecule has 0 aliphatic rings. The molecule has 2 atom stereocenters. The van der Waals surface area contributed by atoms with Crippen molar-refractivity contribution in [3.05, 3.63) is 0 Å². The van der Waals surface area contributed by atoms with Gasteiger partial charge in [-0.2, -0.15) is 0 Å². The zero-order valence-electron chi connectivity index (χ0n) is 8.10. The number of carboxylic acid groups (broad SMARTS) is 2. The molecule has 0 heterocycles. The Morgan fingerprint density at radius 1 is 1.00 bits per heavy atom. The van der Waals surface area contributed by atoms with Gasteiger partial charge in [0.1, 0.15) is 12.2 Å². The monoisotopic (exact) mass is 206 g/mol. The number of ether oxygens (including phenoxy) is 2. The number of hydrogen-bond acceptors (Lipinski definition) is 4. The van der Waals surface area contributed by atoms with Gasteiger partial charge >= 0.3 is 12.3 Å². The van der Waals surface area contributed by atoms with Crippen LogP contribution in [0.3, 0.4) is 0 Å². The number of carbonyl (C=O) groups is 2. The fourth-order valence-electron chi connectivity index (χ4n) is 0.931. The van der Waals surface area contributed by atoms with Gasteiger partial charge in [0.05, 0.1) is 0 Å². The van der Waals surface area contributed by atoms with Crippen molar-refractivity contribution in [1.82, 2.24) is 0 Å². The number of hydrogen-bond donors (Lipinski definition) is 2. The van der Waals surface area contributed by atoms with Crippen LogP contribution in [-0.4, -0.2) is 34.7 Å². The molecular weight excluding hydrogens is 192 g/mol. The minimum atomic E-state index is -1.33. The van der Waals surface area contributed by atoms with Gasteiger partial charge in [0.2, 0.25) is 0 Å². The molecule has 0 amide bonds. The molecule has 0 aromatic rings. The molecule has 14 heavy (non-hydrogen) atoms. The molecule has 0 saturated carbocycles. The molecule has 2 unspecified atom stereocenters. The van der Waals surface area contributed by atoms with Gasteiger partial charge < -0.3 is 19.7 Å². The maximum absolute atomic E-state index is 10.1. The standard InChI is InChI=1S/C8H14O6/c1-5(13-7(9)10)3-4-6(2)14-8(11)12/h5-6H,3-4H2,1-2H3,(H,9,10)(H,11,12). The lowest BCUT2D eigenvalue weighted by Gasteiger charge is -2.13. The lowest BCUT2D eigenvalue weighted by molar-refractivity contribution is 0.0329. The Balaban J connectivity index is 3.60. The van der Waals surface area contributed by atoms with Crippen LogP contribution in [0, 0.1) is 0 Å². The van der Waals surface area contributed by atoms with E-state index in [1.54, 1.807) is 13.8 Å². The summed E-state index contributed by atoms with van der Waals surface area (Å²) < 4.78 is 8.84. The summed E-state index contributed by atoms with van der Waals surface area (Å²) in [5, 5.41) is 16.5. The van der Waals surface area contributed by atoms with E-state index in [-0.39, 0.29) is 0 Å². The molecule has 2 N–H and O–H groups in total. The van der Waals surface area contributed by atoms with Gasteiger partial charge in [0.15, 0.2) is 0 Å². The van der Waals surface area contributed by atoms with E-state index in [0.717, 1.165) is 0 Å². The summed E-state index contributed by atoms with van der Waals surface area (Å²) in [5.41, 5.74) is 0. The Hall–Kier alpha value is -1.46. The SMILES string of the molecule is CC(CCC(C)OC(=O)O)OC(=O)O. The molecule has 0 aromatic heterocycles. The molecule has 0 saturated heterocycles. The number of rotatable bonds is 5. The van der Waals surface area contributed by atoms with Crippen LogP contribution in [0.4, 0.5) is 9.59 Å². The van der Waals surface area contributed by atoms with E-state index < -0.39 is 24.5 Å². The second-order valence-corrected chi connectivity index (χ2v) is 2.97. The largest absolute Gasteiger partial charge is 0.506 e. The van der Waals surface area contributed by atoms with Crippen LogP contribution in [0.25, 0.3) is 0 Å². The van der Waals surface area contributed by atoms with Gasteiger partial charge in [-0.15, -0.1) is 0 Å². The predicted molar refractivity (Wildman–Crippen MR) is 46.4 cm³/mol. The summed E-state index contributed by atoms with van der Waals surface area (Å²) in [4.78, 5) is 20.2. The van der Waals surface area contributed by atoms with Crippen LogP contribution in [0.15, 0.2) is 0 Å². The second kappa shape index (κ2) is 6.06. The van der Waals surface area contributed by atoms with E-state index in [9.17, 15) is 9.59 Å². The molecule has 0 aliphatic carbocycles. The van der Waals surface area contributed by atoms with Crippen LogP contribution in [0.1, 0.15) is 26.7 Å². The van der Waals surface area contributed by atoms with Crippen molar-refractivity contribution in [2.45, 2.75) is 38.9 Å². The summed E-state index contributed by atoms with van der Waals surface area (Å²) in [6.07, 6.45) is -2.70. The lowest BCUT2D eigenvalue weighted by atomic mass is 10.1. The Morgan fingerprint density at radius 2 is 1.29 bits per heavy atom. The van der Waals surface area contributed by atoms with Gasteiger partial charge in [-0.05, 0) is 26.7 Å². The van der Waals surface area contributed by atoms with Crippen molar-refractivity contribution in [3.8, 4) is 0 Å². The molecule has 82 valence electrons. The van der Waals surface area contributed by atoms with Crippen LogP contribution < -0.4 is 0 Å². The van der Waals surface area contributed by atoms with Crippen molar-refractivity contribution in [1.29, 1.82) is 0 Å². The van der Waals surface area contributed by atoms with Gasteiger partial charge in [0.25, 0.3) is 0 Å². The molecule has 0 aromatic carbocycles. The summed E-state index contributed by atoms with van der Waals surface area (Å²) in [6.45, 7) is 3.20. The third kappa shape index (κ3) is 7.20. The van der Waals surface area contributed by atoms with Crippen molar-refractivity contribution < 1.29 is 29.3 Å². The summed E-state index contributed by atoms with van der Waals surface area (Å²) in [7, 11) is 0. The predicted octanol–water partition coefficient (Wildman–Crippen LogP) is 1.93. The van der Waals surface area contributed by atoms with Crippen LogP contribution in [0.5, 0.6) is 0 Å². The third-order valence-corrected chi connectivity index (χ3v) is 1.58. The van der Waals surface area contributed by atoms with Crippen molar-refractivity contribution in [2.75, 3.05) is 0 Å². The Kier molecular flexibility index (Phi) is 5.43. The Morgan fingerprint density at radius 3 is 1.50 bits per heavy atom. The molecule has 0 aliphatic heterocycles. The fraction of sp³-hybridized carbons (Fsp3) is 0.750. The molecule has 6 heteroatoms. The maximum atomic E-state index is 10.1. The fourth-order valence-corrected chi connectivity index (χ4v) is 0.931. The van der Waals surface area contributed by atoms with Gasteiger partial charge in [-0.3, -0.25) is 0 Å². The highest BCUT2D eigenvalue weighted by Gasteiger charge is 2.12. The average Bonchev–Trinajstić information content (AvgIpc) is 1.98. The van der Waals surface area contributed by atoms with E-state index in [4.69, 9.17) is 10.2 Å². The van der Waals surface area contributed by atoms with Crippen molar-refractivity contribution in [3.63, 3.8) is 0 Å². The molecule has 0 spiro atoms. The first-order chi connectivity index (χ1) is 6.41. The minimum absolute atomic E-state index is 0.431. The van der Waals surface area contributed by atoms with Crippen molar-refractivity contribution >= 4 is 12.3 Å². The van der Waals surface area contributed by atoms with Gasteiger partial charge in [0, 0.05) is 0 Å². The van der Waals surface area contributed by atoms with Crippen molar-refractivity contribution in [2.24, 2.45) is 0 Å². The zero-order valence-corrected chi connectivity index (χ0v) is 8.10. The first kappa shape index (κ1) is 12.5. The van der Waals surface area contributed by atoms with Crippen LogP contribution >= 0.6 is 0 Å². The highest BCUT2D eigenvalue weighted by atomic mass is 16.7. The lowest BCUT2D eigenvalue weighted by Crippen LogP contribution is -2.18. The van der Waals surface area contributed by atoms with E-state index in [1.807, 2.05) is 0 Å². The summed E-state index contributed by atoms with van der Waals surface area (Å²) >= 11 is 0. The summed E-state index contributed by atoms with van der Waals surface area (Å²) in [6, 6.07) is 0.